The van der Waals surface area contributed by atoms with Gasteiger partial charge in [-0.2, -0.15) is 5.10 Å². The summed E-state index contributed by atoms with van der Waals surface area (Å²) in [5.74, 6) is 1.31. The van der Waals surface area contributed by atoms with E-state index < -0.39 is 0 Å². The molecule has 1 heterocycles. The van der Waals surface area contributed by atoms with Gasteiger partial charge in [-0.25, -0.2) is 0 Å². The van der Waals surface area contributed by atoms with Gasteiger partial charge in [0.15, 0.2) is 0 Å². The van der Waals surface area contributed by atoms with Gasteiger partial charge < -0.3 is 5.11 Å². The Morgan fingerprint density at radius 2 is 2.00 bits per heavy atom. The lowest BCUT2D eigenvalue weighted by Gasteiger charge is -2.31. The number of halogens is 1. The van der Waals surface area contributed by atoms with E-state index in [0.29, 0.717) is 17.5 Å². The maximum Gasteiger partial charge on any atom is 0.130 e. The molecule has 1 aliphatic carbocycles. The van der Waals surface area contributed by atoms with Gasteiger partial charge >= 0.3 is 0 Å². The Hall–Kier alpha value is -0.540. The van der Waals surface area contributed by atoms with Crippen LogP contribution < -0.4 is 0 Å². The molecule has 114 valence electrons. The zero-order chi connectivity index (χ0) is 14.7. The van der Waals surface area contributed by atoms with Crippen molar-refractivity contribution < 1.29 is 5.11 Å². The van der Waals surface area contributed by atoms with E-state index in [1.165, 1.54) is 25.7 Å². The van der Waals surface area contributed by atoms with E-state index in [9.17, 15) is 5.11 Å². The largest absolute Gasteiger partial charge is 0.392 e. The third kappa shape index (κ3) is 3.56. The van der Waals surface area contributed by atoms with Crippen LogP contribution in [0.25, 0.3) is 0 Å². The second-order valence-electron chi connectivity index (χ2n) is 6.32. The Labute approximate surface area is 127 Å². The zero-order valence-electron chi connectivity index (χ0n) is 12.9. The molecule has 2 rings (SSSR count). The van der Waals surface area contributed by atoms with Crippen LogP contribution in [0, 0.1) is 18.8 Å². The maximum absolute atomic E-state index is 10.5. The van der Waals surface area contributed by atoms with Crippen molar-refractivity contribution in [2.24, 2.45) is 18.9 Å². The fourth-order valence-electron chi connectivity index (χ4n) is 3.55. The van der Waals surface area contributed by atoms with E-state index in [-0.39, 0.29) is 6.10 Å². The lowest BCUT2D eigenvalue weighted by Crippen LogP contribution is -2.27. The molecule has 20 heavy (non-hydrogen) atoms. The monoisotopic (exact) mass is 298 g/mol. The molecule has 3 nitrogen and oxygen atoms in total. The molecular formula is C16H27ClN2O. The minimum absolute atomic E-state index is 0.280. The third-order valence-corrected chi connectivity index (χ3v) is 5.29. The minimum atomic E-state index is -0.280. The first-order valence-electron chi connectivity index (χ1n) is 7.89. The Kier molecular flexibility index (Phi) is 5.50. The van der Waals surface area contributed by atoms with Crippen LogP contribution in [-0.4, -0.2) is 21.0 Å². The van der Waals surface area contributed by atoms with Crippen LogP contribution in [0.3, 0.4) is 0 Å². The first-order valence-corrected chi connectivity index (χ1v) is 8.26. The highest BCUT2D eigenvalue weighted by Gasteiger charge is 2.27. The number of aromatic nitrogens is 2. The number of rotatable bonds is 5. The van der Waals surface area contributed by atoms with Crippen molar-refractivity contribution >= 4 is 11.6 Å². The molecule has 1 atom stereocenters. The number of nitrogens with zero attached hydrogens (tertiary/aromatic N) is 2. The van der Waals surface area contributed by atoms with Crippen molar-refractivity contribution in [1.29, 1.82) is 0 Å². The van der Waals surface area contributed by atoms with Crippen molar-refractivity contribution in [1.82, 2.24) is 9.78 Å². The standard InChI is InChI=1S/C16H27ClN2O/c1-4-5-12-6-8-13(9-7-12)15(20)10-14-11(2)18-19(3)16(14)17/h12-13,15,20H,4-10H2,1-3H3. The average Bonchev–Trinajstić information content (AvgIpc) is 2.66. The molecule has 1 aromatic heterocycles. The van der Waals surface area contributed by atoms with E-state index in [4.69, 9.17) is 11.6 Å². The molecular weight excluding hydrogens is 272 g/mol. The van der Waals surface area contributed by atoms with Crippen LogP contribution in [0.15, 0.2) is 0 Å². The minimum Gasteiger partial charge on any atom is -0.392 e. The highest BCUT2D eigenvalue weighted by molar-refractivity contribution is 6.30. The molecule has 1 N–H and O–H groups in total. The summed E-state index contributed by atoms with van der Waals surface area (Å²) in [6.45, 7) is 4.22. The first-order chi connectivity index (χ1) is 9.52. The molecule has 1 unspecified atom stereocenters. The number of aliphatic hydroxyl groups is 1. The van der Waals surface area contributed by atoms with Gasteiger partial charge in [0.2, 0.25) is 0 Å². The fraction of sp³-hybridized carbons (Fsp3) is 0.812. The normalized spacial score (nSPS) is 24.9. The van der Waals surface area contributed by atoms with Crippen LogP contribution in [0.2, 0.25) is 5.15 Å². The van der Waals surface area contributed by atoms with Crippen LogP contribution in [-0.2, 0) is 13.5 Å². The Balaban J connectivity index is 1.91. The molecule has 0 radical (unpaired) electrons. The quantitative estimate of drug-likeness (QED) is 0.895. The molecule has 1 aromatic rings. The lowest BCUT2D eigenvalue weighted by atomic mass is 9.77. The van der Waals surface area contributed by atoms with Crippen LogP contribution >= 0.6 is 11.6 Å². The summed E-state index contributed by atoms with van der Waals surface area (Å²) in [4.78, 5) is 0. The predicted molar refractivity (Wildman–Crippen MR) is 83.0 cm³/mol. The van der Waals surface area contributed by atoms with Gasteiger partial charge in [0.05, 0.1) is 11.8 Å². The fourth-order valence-corrected chi connectivity index (χ4v) is 3.80. The van der Waals surface area contributed by atoms with Gasteiger partial charge in [-0.05, 0) is 31.6 Å². The van der Waals surface area contributed by atoms with E-state index >= 15 is 0 Å². The van der Waals surface area contributed by atoms with Gasteiger partial charge in [-0.1, -0.05) is 44.2 Å². The van der Waals surface area contributed by atoms with Crippen molar-refractivity contribution in [2.75, 3.05) is 0 Å². The van der Waals surface area contributed by atoms with E-state index in [2.05, 4.69) is 12.0 Å². The molecule has 0 bridgehead atoms. The molecule has 0 aromatic carbocycles. The summed E-state index contributed by atoms with van der Waals surface area (Å²) in [5, 5.41) is 15.5. The van der Waals surface area contributed by atoms with Crippen molar-refractivity contribution in [3.63, 3.8) is 0 Å². The SMILES string of the molecule is CCCC1CCC(C(O)Cc2c(C)nn(C)c2Cl)CC1. The second kappa shape index (κ2) is 6.95. The summed E-state index contributed by atoms with van der Waals surface area (Å²) in [7, 11) is 1.85. The predicted octanol–water partition coefficient (Wildman–Crippen LogP) is 3.89. The summed E-state index contributed by atoms with van der Waals surface area (Å²) < 4.78 is 1.69. The van der Waals surface area contributed by atoms with E-state index in [1.807, 2.05) is 14.0 Å². The Bertz CT molecular complexity index is 436. The van der Waals surface area contributed by atoms with Gasteiger partial charge in [0.1, 0.15) is 5.15 Å². The van der Waals surface area contributed by atoms with Gasteiger partial charge in [0.25, 0.3) is 0 Å². The zero-order valence-corrected chi connectivity index (χ0v) is 13.7. The Morgan fingerprint density at radius 3 is 2.50 bits per heavy atom. The van der Waals surface area contributed by atoms with Crippen LogP contribution in [0.5, 0.6) is 0 Å². The lowest BCUT2D eigenvalue weighted by molar-refractivity contribution is 0.0727. The molecule has 1 aliphatic rings. The van der Waals surface area contributed by atoms with Crippen molar-refractivity contribution in [3.05, 3.63) is 16.4 Å². The van der Waals surface area contributed by atoms with Gasteiger partial charge in [-0.3, -0.25) is 4.68 Å². The first kappa shape index (κ1) is 15.8. The number of aryl methyl sites for hydroxylation is 2. The molecule has 0 saturated heterocycles. The molecule has 0 aliphatic heterocycles. The summed E-state index contributed by atoms with van der Waals surface area (Å²) in [6, 6.07) is 0. The molecule has 4 heteroatoms. The number of aliphatic hydroxyl groups excluding tert-OH is 1. The Morgan fingerprint density at radius 1 is 1.35 bits per heavy atom. The third-order valence-electron chi connectivity index (χ3n) is 4.82. The van der Waals surface area contributed by atoms with Crippen LogP contribution in [0.1, 0.15) is 56.7 Å². The molecule has 1 fully saturated rings. The smallest absolute Gasteiger partial charge is 0.130 e. The van der Waals surface area contributed by atoms with Gasteiger partial charge in [0, 0.05) is 19.0 Å². The number of hydrogen-bond acceptors (Lipinski definition) is 2. The summed E-state index contributed by atoms with van der Waals surface area (Å²) >= 11 is 6.25. The molecule has 0 spiro atoms. The second-order valence-corrected chi connectivity index (χ2v) is 6.68. The highest BCUT2D eigenvalue weighted by Crippen LogP contribution is 2.34. The topological polar surface area (TPSA) is 38.1 Å². The molecule has 0 amide bonds. The van der Waals surface area contributed by atoms with Crippen molar-refractivity contribution in [2.45, 2.75) is 64.9 Å². The van der Waals surface area contributed by atoms with E-state index in [1.54, 1.807) is 4.68 Å². The van der Waals surface area contributed by atoms with Gasteiger partial charge in [-0.15, -0.1) is 0 Å². The summed E-state index contributed by atoms with van der Waals surface area (Å²) in [5.41, 5.74) is 1.95. The molecule has 1 saturated carbocycles. The van der Waals surface area contributed by atoms with Crippen LogP contribution in [0.4, 0.5) is 0 Å². The summed E-state index contributed by atoms with van der Waals surface area (Å²) in [6.07, 6.45) is 7.84. The maximum atomic E-state index is 10.5. The number of hydrogen-bond donors (Lipinski definition) is 1. The van der Waals surface area contributed by atoms with Crippen molar-refractivity contribution in [3.8, 4) is 0 Å². The van der Waals surface area contributed by atoms with E-state index in [0.717, 1.165) is 30.0 Å². The highest BCUT2D eigenvalue weighted by atomic mass is 35.5. The average molecular weight is 299 g/mol.